The van der Waals surface area contributed by atoms with Gasteiger partial charge >= 0.3 is 0 Å². The number of hydrogen-bond donors (Lipinski definition) is 1. The van der Waals surface area contributed by atoms with E-state index in [0.29, 0.717) is 0 Å². The van der Waals surface area contributed by atoms with Crippen LogP contribution in [-0.4, -0.2) is 0 Å². The molecule has 0 bridgehead atoms. The van der Waals surface area contributed by atoms with E-state index in [-0.39, 0.29) is 0 Å². The van der Waals surface area contributed by atoms with Gasteiger partial charge in [0.2, 0.25) is 0 Å². The first-order valence-electron chi connectivity index (χ1n) is 7.89. The van der Waals surface area contributed by atoms with Gasteiger partial charge in [-0.15, -0.1) is 0 Å². The topological polar surface area (TPSA) is 26.0 Å². The van der Waals surface area contributed by atoms with E-state index >= 15 is 0 Å². The minimum Gasteiger partial charge on any atom is -0.398 e. The Balaban J connectivity index is 1.79. The molecule has 3 rings (SSSR count). The number of hydrogen-bond acceptors (Lipinski definition) is 1. The SMILES string of the molecule is Cc1ccc(-c2cccc(C/C=C(\N)c3ccccc3)c2)cc1. The van der Waals surface area contributed by atoms with Crippen LogP contribution in [0.25, 0.3) is 16.8 Å². The van der Waals surface area contributed by atoms with Crippen LogP contribution in [-0.2, 0) is 6.42 Å². The van der Waals surface area contributed by atoms with Crippen molar-refractivity contribution < 1.29 is 0 Å². The molecule has 3 aromatic carbocycles. The Morgan fingerprint density at radius 3 is 2.30 bits per heavy atom. The van der Waals surface area contributed by atoms with Crippen LogP contribution in [0.1, 0.15) is 16.7 Å². The second-order valence-corrected chi connectivity index (χ2v) is 5.80. The van der Waals surface area contributed by atoms with Crippen molar-refractivity contribution in [2.45, 2.75) is 13.3 Å². The van der Waals surface area contributed by atoms with Crippen molar-refractivity contribution >= 4 is 5.70 Å². The third-order valence-electron chi connectivity index (χ3n) is 3.98. The molecule has 0 saturated heterocycles. The second-order valence-electron chi connectivity index (χ2n) is 5.80. The molecule has 114 valence electrons. The molecule has 0 amide bonds. The molecule has 2 N–H and O–H groups in total. The zero-order valence-electron chi connectivity index (χ0n) is 13.4. The fourth-order valence-corrected chi connectivity index (χ4v) is 2.60. The average molecular weight is 299 g/mol. The van der Waals surface area contributed by atoms with E-state index in [1.54, 1.807) is 0 Å². The molecule has 3 aromatic rings. The molecule has 1 nitrogen and oxygen atoms in total. The van der Waals surface area contributed by atoms with Gasteiger partial charge in [0, 0.05) is 5.70 Å². The van der Waals surface area contributed by atoms with Crippen molar-refractivity contribution in [2.75, 3.05) is 0 Å². The van der Waals surface area contributed by atoms with Crippen LogP contribution < -0.4 is 5.73 Å². The van der Waals surface area contributed by atoms with Gasteiger partial charge in [-0.1, -0.05) is 90.5 Å². The third-order valence-corrected chi connectivity index (χ3v) is 3.98. The largest absolute Gasteiger partial charge is 0.398 e. The first-order valence-corrected chi connectivity index (χ1v) is 7.89. The van der Waals surface area contributed by atoms with Crippen molar-refractivity contribution in [3.05, 3.63) is 102 Å². The molecule has 0 saturated carbocycles. The number of rotatable bonds is 4. The van der Waals surface area contributed by atoms with Gasteiger partial charge in [-0.25, -0.2) is 0 Å². The standard InChI is InChI=1S/C22H21N/c1-17-10-13-19(14-11-17)21-9-5-6-18(16-21)12-15-22(23)20-7-3-2-4-8-20/h2-11,13-16H,12,23H2,1H3/b22-15-. The van der Waals surface area contributed by atoms with Crippen molar-refractivity contribution in [1.29, 1.82) is 0 Å². The predicted molar refractivity (Wildman–Crippen MR) is 98.9 cm³/mol. The molecule has 0 aliphatic carbocycles. The Hall–Kier alpha value is -2.80. The molecule has 1 heteroatoms. The summed E-state index contributed by atoms with van der Waals surface area (Å²) in [6.07, 6.45) is 2.92. The number of nitrogens with two attached hydrogens (primary N) is 1. The molecular formula is C22H21N. The molecular weight excluding hydrogens is 278 g/mol. The van der Waals surface area contributed by atoms with E-state index in [1.807, 2.05) is 30.3 Å². The van der Waals surface area contributed by atoms with Crippen molar-refractivity contribution in [1.82, 2.24) is 0 Å². The van der Waals surface area contributed by atoms with Crippen LogP contribution in [0.3, 0.4) is 0 Å². The Morgan fingerprint density at radius 2 is 1.57 bits per heavy atom. The maximum absolute atomic E-state index is 6.17. The Kier molecular flexibility index (Phi) is 4.58. The van der Waals surface area contributed by atoms with Crippen LogP contribution in [0.2, 0.25) is 0 Å². The van der Waals surface area contributed by atoms with Gasteiger partial charge in [0.25, 0.3) is 0 Å². The van der Waals surface area contributed by atoms with Gasteiger partial charge in [0.05, 0.1) is 0 Å². The molecule has 0 aromatic heterocycles. The van der Waals surface area contributed by atoms with E-state index in [0.717, 1.165) is 17.7 Å². The zero-order chi connectivity index (χ0) is 16.1. The summed E-state index contributed by atoms with van der Waals surface area (Å²) in [6, 6.07) is 27.4. The van der Waals surface area contributed by atoms with Crippen molar-refractivity contribution in [3.63, 3.8) is 0 Å². The quantitative estimate of drug-likeness (QED) is 0.703. The van der Waals surface area contributed by atoms with E-state index in [4.69, 9.17) is 5.73 Å². The highest BCUT2D eigenvalue weighted by Crippen LogP contribution is 2.21. The number of allylic oxidation sites excluding steroid dienone is 1. The van der Waals surface area contributed by atoms with Crippen molar-refractivity contribution in [3.8, 4) is 11.1 Å². The minimum absolute atomic E-state index is 0.825. The molecule has 0 fully saturated rings. The van der Waals surface area contributed by atoms with Gasteiger partial charge in [-0.2, -0.15) is 0 Å². The number of benzene rings is 3. The van der Waals surface area contributed by atoms with Gasteiger partial charge in [-0.3, -0.25) is 0 Å². The fraction of sp³-hybridized carbons (Fsp3) is 0.0909. The van der Waals surface area contributed by atoms with E-state index < -0.39 is 0 Å². The van der Waals surface area contributed by atoms with E-state index in [1.165, 1.54) is 22.3 Å². The summed E-state index contributed by atoms with van der Waals surface area (Å²) in [4.78, 5) is 0. The molecule has 0 spiro atoms. The van der Waals surface area contributed by atoms with E-state index in [2.05, 4.69) is 61.5 Å². The monoisotopic (exact) mass is 299 g/mol. The maximum atomic E-state index is 6.17. The van der Waals surface area contributed by atoms with Crippen LogP contribution >= 0.6 is 0 Å². The summed E-state index contributed by atoms with van der Waals surface area (Å²) in [5.74, 6) is 0. The summed E-state index contributed by atoms with van der Waals surface area (Å²) in [5, 5.41) is 0. The first kappa shape index (κ1) is 15.1. The molecule has 0 radical (unpaired) electrons. The van der Waals surface area contributed by atoms with Crippen molar-refractivity contribution in [2.24, 2.45) is 5.73 Å². The lowest BCUT2D eigenvalue weighted by atomic mass is 10.0. The maximum Gasteiger partial charge on any atom is 0.0350 e. The summed E-state index contributed by atoms with van der Waals surface area (Å²) in [6.45, 7) is 2.11. The molecule has 0 aliphatic rings. The second kappa shape index (κ2) is 6.97. The summed E-state index contributed by atoms with van der Waals surface area (Å²) < 4.78 is 0. The highest BCUT2D eigenvalue weighted by atomic mass is 14.6. The molecule has 0 atom stereocenters. The summed E-state index contributed by atoms with van der Waals surface area (Å²) in [5.41, 5.74) is 13.1. The first-order chi connectivity index (χ1) is 11.2. The van der Waals surface area contributed by atoms with Crippen LogP contribution in [0, 0.1) is 6.92 Å². The highest BCUT2D eigenvalue weighted by molar-refractivity contribution is 5.65. The van der Waals surface area contributed by atoms with E-state index in [9.17, 15) is 0 Å². The Bertz CT molecular complexity index is 799. The fourth-order valence-electron chi connectivity index (χ4n) is 2.60. The third kappa shape index (κ3) is 3.89. The highest BCUT2D eigenvalue weighted by Gasteiger charge is 2.00. The summed E-state index contributed by atoms with van der Waals surface area (Å²) in [7, 11) is 0. The Labute approximate surface area is 138 Å². The predicted octanol–water partition coefficient (Wildman–Crippen LogP) is 5.20. The average Bonchev–Trinajstić information content (AvgIpc) is 2.61. The van der Waals surface area contributed by atoms with Gasteiger partial charge < -0.3 is 5.73 Å². The zero-order valence-corrected chi connectivity index (χ0v) is 13.4. The van der Waals surface area contributed by atoms with Gasteiger partial charge in [-0.05, 0) is 35.6 Å². The normalized spacial score (nSPS) is 11.4. The minimum atomic E-state index is 0.825. The summed E-state index contributed by atoms with van der Waals surface area (Å²) >= 11 is 0. The molecule has 0 unspecified atom stereocenters. The lowest BCUT2D eigenvalue weighted by Crippen LogP contribution is -1.97. The molecule has 0 aliphatic heterocycles. The smallest absolute Gasteiger partial charge is 0.0350 e. The van der Waals surface area contributed by atoms with Crippen LogP contribution in [0.5, 0.6) is 0 Å². The van der Waals surface area contributed by atoms with Gasteiger partial charge in [0.1, 0.15) is 0 Å². The molecule has 0 heterocycles. The Morgan fingerprint density at radius 1 is 0.826 bits per heavy atom. The molecule has 23 heavy (non-hydrogen) atoms. The lowest BCUT2D eigenvalue weighted by Gasteiger charge is -2.06. The lowest BCUT2D eigenvalue weighted by molar-refractivity contribution is 1.26. The van der Waals surface area contributed by atoms with Gasteiger partial charge in [0.15, 0.2) is 0 Å². The van der Waals surface area contributed by atoms with Crippen LogP contribution in [0.4, 0.5) is 0 Å². The number of aryl methyl sites for hydroxylation is 1. The van der Waals surface area contributed by atoms with Crippen LogP contribution in [0.15, 0.2) is 84.9 Å².